The first-order valence-electron chi connectivity index (χ1n) is 8.84. The van der Waals surface area contributed by atoms with E-state index in [4.69, 9.17) is 0 Å². The Morgan fingerprint density at radius 1 is 1.27 bits per heavy atom. The van der Waals surface area contributed by atoms with Gasteiger partial charge in [0, 0.05) is 6.04 Å². The number of nitrogens with zero attached hydrogens (tertiary/aromatic N) is 1. The van der Waals surface area contributed by atoms with E-state index >= 15 is 0 Å². The number of carbonyl (C=O) groups excluding carboxylic acids is 1. The van der Waals surface area contributed by atoms with Gasteiger partial charge in [-0.3, -0.25) is 4.79 Å². The molecule has 0 radical (unpaired) electrons. The van der Waals surface area contributed by atoms with Crippen molar-refractivity contribution < 1.29 is 27.5 Å². The molecule has 26 heavy (non-hydrogen) atoms. The fourth-order valence-corrected chi connectivity index (χ4v) is 5.05. The largest absolute Gasteiger partial charge is 0.480 e. The lowest BCUT2D eigenvalue weighted by Gasteiger charge is -2.33. The number of hydrogen-bond donors (Lipinski definition) is 1. The topological polar surface area (TPSA) is 91.8 Å². The monoisotopic (exact) mass is 383 g/mol. The van der Waals surface area contributed by atoms with Crippen molar-refractivity contribution in [2.24, 2.45) is 5.92 Å². The number of halogens is 1. The molecular weight excluding hydrogens is 361 g/mol. The maximum atomic E-state index is 14.3. The van der Waals surface area contributed by atoms with Crippen molar-refractivity contribution >= 4 is 21.7 Å². The molecule has 2 fully saturated rings. The molecule has 1 N–H and O–H groups in total. The van der Waals surface area contributed by atoms with E-state index in [2.05, 4.69) is 0 Å². The number of carbonyl (C=O) groups is 2. The zero-order chi connectivity index (χ0) is 19.1. The minimum absolute atomic E-state index is 0.0967. The highest BCUT2D eigenvalue weighted by atomic mass is 32.2. The molecule has 1 saturated heterocycles. The van der Waals surface area contributed by atoms with E-state index in [0.717, 1.165) is 37.5 Å². The lowest BCUT2D eigenvalue weighted by molar-refractivity contribution is -0.141. The van der Waals surface area contributed by atoms with E-state index in [1.165, 1.54) is 11.8 Å². The van der Waals surface area contributed by atoms with Crippen molar-refractivity contribution in [3.8, 4) is 0 Å². The summed E-state index contributed by atoms with van der Waals surface area (Å²) in [5.74, 6) is -2.76. The van der Waals surface area contributed by atoms with E-state index in [9.17, 15) is 27.5 Å². The molecule has 0 aromatic heterocycles. The van der Waals surface area contributed by atoms with Crippen molar-refractivity contribution in [2.75, 3.05) is 5.75 Å². The summed E-state index contributed by atoms with van der Waals surface area (Å²) in [5, 5.41) is 9.53. The van der Waals surface area contributed by atoms with Crippen LogP contribution >= 0.6 is 0 Å². The molecule has 1 aromatic carbocycles. The van der Waals surface area contributed by atoms with Gasteiger partial charge in [-0.2, -0.15) is 0 Å². The van der Waals surface area contributed by atoms with Gasteiger partial charge in [0.05, 0.1) is 16.2 Å². The first kappa shape index (κ1) is 18.8. The van der Waals surface area contributed by atoms with Crippen LogP contribution < -0.4 is 0 Å². The van der Waals surface area contributed by atoms with Crippen molar-refractivity contribution in [3.05, 3.63) is 29.6 Å². The van der Waals surface area contributed by atoms with Gasteiger partial charge in [-0.1, -0.05) is 19.8 Å². The average molecular weight is 383 g/mol. The molecule has 0 spiro atoms. The van der Waals surface area contributed by atoms with E-state index in [0.29, 0.717) is 12.8 Å². The van der Waals surface area contributed by atoms with Gasteiger partial charge in [0.2, 0.25) is 0 Å². The summed E-state index contributed by atoms with van der Waals surface area (Å²) >= 11 is 0. The smallest absolute Gasteiger partial charge is 0.326 e. The summed E-state index contributed by atoms with van der Waals surface area (Å²) in [6.07, 6.45) is 3.79. The number of carboxylic acid groups (broad SMARTS) is 1. The molecule has 1 saturated carbocycles. The zero-order valence-corrected chi connectivity index (χ0v) is 15.3. The minimum Gasteiger partial charge on any atom is -0.480 e. The molecule has 2 aliphatic rings. The highest BCUT2D eigenvalue weighted by Crippen LogP contribution is 2.40. The van der Waals surface area contributed by atoms with Crippen LogP contribution in [0.1, 0.15) is 49.4 Å². The number of amides is 1. The summed E-state index contributed by atoms with van der Waals surface area (Å²) in [6.45, 7) is 1.47. The molecule has 3 rings (SSSR count). The van der Waals surface area contributed by atoms with Crippen LogP contribution in [0.3, 0.4) is 0 Å². The Hall–Kier alpha value is -1.96. The summed E-state index contributed by atoms with van der Waals surface area (Å²) in [5.41, 5.74) is -0.378. The van der Waals surface area contributed by atoms with E-state index in [1.54, 1.807) is 0 Å². The Morgan fingerprint density at radius 2 is 1.96 bits per heavy atom. The maximum absolute atomic E-state index is 14.3. The molecule has 8 heteroatoms. The molecular formula is C18H22FNO5S. The van der Waals surface area contributed by atoms with Gasteiger partial charge in [-0.05, 0) is 43.4 Å². The predicted octanol–water partition coefficient (Wildman–Crippen LogP) is 2.48. The Labute approximate surface area is 151 Å². The molecule has 0 bridgehead atoms. The van der Waals surface area contributed by atoms with Gasteiger partial charge < -0.3 is 10.0 Å². The third-order valence-electron chi connectivity index (χ3n) is 5.52. The Morgan fingerprint density at radius 3 is 2.62 bits per heavy atom. The molecule has 6 nitrogen and oxygen atoms in total. The van der Waals surface area contributed by atoms with Gasteiger partial charge in [-0.15, -0.1) is 0 Å². The number of rotatable bonds is 4. The van der Waals surface area contributed by atoms with Gasteiger partial charge in [-0.25, -0.2) is 17.6 Å². The first-order chi connectivity index (χ1) is 12.3. The molecule has 1 aromatic rings. The van der Waals surface area contributed by atoms with Gasteiger partial charge in [0.1, 0.15) is 11.9 Å². The number of aliphatic carboxylic acids is 1. The highest BCUT2D eigenvalue weighted by Gasteiger charge is 2.48. The van der Waals surface area contributed by atoms with E-state index < -0.39 is 33.6 Å². The van der Waals surface area contributed by atoms with Crippen LogP contribution in [0.5, 0.6) is 0 Å². The lowest BCUT2D eigenvalue weighted by Crippen LogP contribution is -2.46. The number of fused-ring (bicyclic) bond motifs is 1. The molecule has 1 aliphatic heterocycles. The molecule has 3 unspecified atom stereocenters. The molecule has 1 amide bonds. The number of sulfone groups is 1. The number of benzene rings is 1. The molecule has 3 atom stereocenters. The fraction of sp³-hybridized carbons (Fsp3) is 0.556. The average Bonchev–Trinajstić information content (AvgIpc) is 3.01. The van der Waals surface area contributed by atoms with Gasteiger partial charge in [0.25, 0.3) is 5.91 Å². The summed E-state index contributed by atoms with van der Waals surface area (Å²) in [6, 6.07) is 1.89. The number of likely N-dealkylation sites (tertiary alicyclic amines) is 1. The third-order valence-corrected chi connectivity index (χ3v) is 7.25. The van der Waals surface area contributed by atoms with E-state index in [1.807, 2.05) is 0 Å². The lowest BCUT2D eigenvalue weighted by atomic mass is 9.84. The second-order valence-electron chi connectivity index (χ2n) is 6.96. The van der Waals surface area contributed by atoms with Crippen LogP contribution in [-0.4, -0.2) is 48.1 Å². The Kier molecular flexibility index (Phi) is 5.05. The van der Waals surface area contributed by atoms with Crippen molar-refractivity contribution in [2.45, 2.75) is 56.0 Å². The van der Waals surface area contributed by atoms with Crippen molar-refractivity contribution in [1.82, 2.24) is 4.90 Å². The summed E-state index contributed by atoms with van der Waals surface area (Å²) in [4.78, 5) is 25.8. The quantitative estimate of drug-likeness (QED) is 0.807. The SMILES string of the molecule is CCS(=O)(=O)c1ccc(F)c(C(=O)N2C(C(=O)O)CC3CCCCC32)c1. The van der Waals surface area contributed by atoms with Crippen molar-refractivity contribution in [1.29, 1.82) is 0 Å². The van der Waals surface area contributed by atoms with Crippen LogP contribution in [0.4, 0.5) is 4.39 Å². The highest BCUT2D eigenvalue weighted by molar-refractivity contribution is 7.91. The second kappa shape index (κ2) is 6.98. The normalized spacial score (nSPS) is 25.8. The van der Waals surface area contributed by atoms with Crippen LogP contribution in [-0.2, 0) is 14.6 Å². The summed E-state index contributed by atoms with van der Waals surface area (Å²) < 4.78 is 38.5. The minimum atomic E-state index is -3.60. The van der Waals surface area contributed by atoms with Gasteiger partial charge in [0.15, 0.2) is 9.84 Å². The Balaban J connectivity index is 2.02. The van der Waals surface area contributed by atoms with Gasteiger partial charge >= 0.3 is 5.97 Å². The van der Waals surface area contributed by atoms with Crippen LogP contribution in [0.2, 0.25) is 0 Å². The number of carboxylic acids is 1. The van der Waals surface area contributed by atoms with Crippen molar-refractivity contribution in [3.63, 3.8) is 0 Å². The fourth-order valence-electron chi connectivity index (χ4n) is 4.14. The first-order valence-corrected chi connectivity index (χ1v) is 10.5. The van der Waals surface area contributed by atoms with Crippen LogP contribution in [0.15, 0.2) is 23.1 Å². The molecule has 1 aliphatic carbocycles. The second-order valence-corrected chi connectivity index (χ2v) is 9.24. The Bertz CT molecular complexity index is 838. The zero-order valence-electron chi connectivity index (χ0n) is 14.5. The standard InChI is InChI=1S/C18H22FNO5S/c1-2-26(24,25)12-7-8-14(19)13(10-12)17(21)20-15-6-4-3-5-11(15)9-16(20)18(22)23/h7-8,10-11,15-16H,2-6,9H2,1H3,(H,22,23). The molecule has 1 heterocycles. The maximum Gasteiger partial charge on any atom is 0.326 e. The van der Waals surface area contributed by atoms with Crippen LogP contribution in [0, 0.1) is 11.7 Å². The third kappa shape index (κ3) is 3.22. The predicted molar refractivity (Wildman–Crippen MR) is 92.1 cm³/mol. The summed E-state index contributed by atoms with van der Waals surface area (Å²) in [7, 11) is -3.60. The molecule has 142 valence electrons. The number of hydrogen-bond acceptors (Lipinski definition) is 4. The van der Waals surface area contributed by atoms with Crippen LogP contribution in [0.25, 0.3) is 0 Å². The van der Waals surface area contributed by atoms with E-state index in [-0.39, 0.29) is 28.2 Å².